The van der Waals surface area contributed by atoms with Gasteiger partial charge in [0.15, 0.2) is 11.5 Å². The zero-order valence-electron chi connectivity index (χ0n) is 13.2. The van der Waals surface area contributed by atoms with Crippen LogP contribution in [-0.2, 0) is 6.18 Å². The molecule has 12 heteroatoms. The monoisotopic (exact) mass is 400 g/mol. The standard InChI is InChI=1S/C13H15F3N6O.2ClH/c1-12(2,7-17)19-11(23)9-6-22(21-20-9)10-4-3-8(5-18-10)13(14,15)16;;/h3-6H,7,17H2,1-2H3,(H,19,23);2*1H. The molecule has 0 atom stereocenters. The summed E-state index contributed by atoms with van der Waals surface area (Å²) < 4.78 is 38.6. The van der Waals surface area contributed by atoms with Crippen molar-refractivity contribution in [3.63, 3.8) is 0 Å². The van der Waals surface area contributed by atoms with Crippen LogP contribution >= 0.6 is 24.8 Å². The molecule has 0 aliphatic carbocycles. The number of alkyl halides is 3. The fraction of sp³-hybridized carbons (Fsp3) is 0.385. The minimum atomic E-state index is -4.47. The summed E-state index contributed by atoms with van der Waals surface area (Å²) in [5.74, 6) is -0.374. The highest BCUT2D eigenvalue weighted by atomic mass is 35.5. The number of hydrogen-bond donors (Lipinski definition) is 2. The third-order valence-electron chi connectivity index (χ3n) is 3.00. The Morgan fingerprint density at radius 3 is 2.40 bits per heavy atom. The van der Waals surface area contributed by atoms with Crippen molar-refractivity contribution in [2.75, 3.05) is 6.54 Å². The number of halogens is 5. The zero-order chi connectivity index (χ0) is 17.3. The molecule has 0 saturated heterocycles. The van der Waals surface area contributed by atoms with Crippen molar-refractivity contribution in [1.82, 2.24) is 25.3 Å². The summed E-state index contributed by atoms with van der Waals surface area (Å²) in [7, 11) is 0. The second-order valence-electron chi connectivity index (χ2n) is 5.49. The van der Waals surface area contributed by atoms with Gasteiger partial charge in [0.05, 0.1) is 11.8 Å². The van der Waals surface area contributed by atoms with Crippen molar-refractivity contribution >= 4 is 30.7 Å². The topological polar surface area (TPSA) is 98.7 Å². The van der Waals surface area contributed by atoms with Crippen LogP contribution < -0.4 is 11.1 Å². The van der Waals surface area contributed by atoms with Gasteiger partial charge in [-0.15, -0.1) is 29.9 Å². The SMILES string of the molecule is CC(C)(CN)NC(=O)c1cn(-c2ccc(C(F)(F)F)cn2)nn1.Cl.Cl. The van der Waals surface area contributed by atoms with Crippen LogP contribution in [0.1, 0.15) is 29.9 Å². The first-order chi connectivity index (χ1) is 10.6. The molecule has 0 aromatic carbocycles. The molecular weight excluding hydrogens is 384 g/mol. The summed E-state index contributed by atoms with van der Waals surface area (Å²) in [6.07, 6.45) is -2.50. The molecule has 0 radical (unpaired) electrons. The van der Waals surface area contributed by atoms with Gasteiger partial charge in [0.25, 0.3) is 5.91 Å². The number of hydrogen-bond acceptors (Lipinski definition) is 5. The van der Waals surface area contributed by atoms with Crippen molar-refractivity contribution in [1.29, 1.82) is 0 Å². The maximum Gasteiger partial charge on any atom is 0.417 e. The molecule has 1 amide bonds. The highest BCUT2D eigenvalue weighted by molar-refractivity contribution is 5.92. The first kappa shape index (κ1) is 23.1. The van der Waals surface area contributed by atoms with Crippen molar-refractivity contribution in [2.45, 2.75) is 25.6 Å². The van der Waals surface area contributed by atoms with Crippen LogP contribution in [-0.4, -0.2) is 38.0 Å². The van der Waals surface area contributed by atoms with Gasteiger partial charge in [0.1, 0.15) is 0 Å². The lowest BCUT2D eigenvalue weighted by Gasteiger charge is -2.23. The summed E-state index contributed by atoms with van der Waals surface area (Å²) >= 11 is 0. The minimum absolute atomic E-state index is 0. The van der Waals surface area contributed by atoms with E-state index in [1.807, 2.05) is 0 Å². The average Bonchev–Trinajstić information content (AvgIpc) is 2.96. The van der Waals surface area contributed by atoms with Gasteiger partial charge in [0, 0.05) is 18.3 Å². The van der Waals surface area contributed by atoms with E-state index in [2.05, 4.69) is 20.6 Å². The Morgan fingerprint density at radius 1 is 1.28 bits per heavy atom. The van der Waals surface area contributed by atoms with Gasteiger partial charge >= 0.3 is 6.18 Å². The number of carbonyl (C=O) groups is 1. The predicted molar refractivity (Wildman–Crippen MR) is 89.3 cm³/mol. The molecule has 3 N–H and O–H groups in total. The van der Waals surface area contributed by atoms with Crippen LogP contribution in [0.3, 0.4) is 0 Å². The van der Waals surface area contributed by atoms with Crippen molar-refractivity contribution in [3.05, 3.63) is 35.8 Å². The Morgan fingerprint density at radius 2 is 1.92 bits per heavy atom. The van der Waals surface area contributed by atoms with E-state index in [4.69, 9.17) is 5.73 Å². The quantitative estimate of drug-likeness (QED) is 0.817. The Bertz CT molecular complexity index is 703. The third kappa shape index (κ3) is 5.83. The van der Waals surface area contributed by atoms with Gasteiger partial charge in [-0.05, 0) is 26.0 Å². The van der Waals surface area contributed by atoms with Gasteiger partial charge in [0.2, 0.25) is 0 Å². The normalized spacial score (nSPS) is 11.3. The molecule has 140 valence electrons. The van der Waals surface area contributed by atoms with E-state index in [0.717, 1.165) is 16.8 Å². The lowest BCUT2D eigenvalue weighted by atomic mass is 10.1. The number of carbonyl (C=O) groups excluding carboxylic acids is 1. The number of aromatic nitrogens is 4. The first-order valence-electron chi connectivity index (χ1n) is 6.61. The average molecular weight is 401 g/mol. The van der Waals surface area contributed by atoms with Crippen LogP contribution in [0.4, 0.5) is 13.2 Å². The lowest BCUT2D eigenvalue weighted by Crippen LogP contribution is -2.48. The first-order valence-corrected chi connectivity index (χ1v) is 6.61. The fourth-order valence-electron chi connectivity index (χ4n) is 1.59. The van der Waals surface area contributed by atoms with Gasteiger partial charge in [-0.2, -0.15) is 13.2 Å². The van der Waals surface area contributed by atoms with Crippen molar-refractivity contribution < 1.29 is 18.0 Å². The largest absolute Gasteiger partial charge is 0.417 e. The Balaban J connectivity index is 0.00000288. The van der Waals surface area contributed by atoms with Crippen LogP contribution in [0.15, 0.2) is 24.5 Å². The van der Waals surface area contributed by atoms with E-state index in [9.17, 15) is 18.0 Å². The van der Waals surface area contributed by atoms with Crippen LogP contribution in [0, 0.1) is 0 Å². The van der Waals surface area contributed by atoms with E-state index in [1.54, 1.807) is 13.8 Å². The van der Waals surface area contributed by atoms with Crippen LogP contribution in [0.25, 0.3) is 5.82 Å². The summed E-state index contributed by atoms with van der Waals surface area (Å²) in [5, 5.41) is 10.0. The van der Waals surface area contributed by atoms with Gasteiger partial charge in [-0.1, -0.05) is 5.21 Å². The molecule has 25 heavy (non-hydrogen) atoms. The number of amides is 1. The van der Waals surface area contributed by atoms with E-state index in [1.165, 1.54) is 6.20 Å². The molecule has 0 bridgehead atoms. The third-order valence-corrected chi connectivity index (χ3v) is 3.00. The molecule has 2 aromatic rings. The molecule has 0 spiro atoms. The highest BCUT2D eigenvalue weighted by Gasteiger charge is 2.30. The summed E-state index contributed by atoms with van der Waals surface area (Å²) in [5.41, 5.74) is 4.04. The number of rotatable bonds is 4. The Labute approximate surface area is 154 Å². The Kier molecular flexibility index (Phi) is 7.81. The maximum atomic E-state index is 12.5. The summed E-state index contributed by atoms with van der Waals surface area (Å²) in [4.78, 5) is 15.7. The molecule has 0 unspecified atom stereocenters. The second kappa shape index (κ2) is 8.45. The smallest absolute Gasteiger partial charge is 0.344 e. The molecule has 2 rings (SSSR count). The van der Waals surface area contributed by atoms with E-state index in [-0.39, 0.29) is 42.9 Å². The van der Waals surface area contributed by atoms with E-state index < -0.39 is 23.2 Å². The molecule has 0 aliphatic heterocycles. The predicted octanol–water partition coefficient (Wildman–Crippen LogP) is 1.99. The number of pyridine rings is 1. The Hall–Kier alpha value is -1.91. The van der Waals surface area contributed by atoms with Crippen molar-refractivity contribution in [3.8, 4) is 5.82 Å². The molecule has 0 aliphatic rings. The van der Waals surface area contributed by atoms with Crippen LogP contribution in [0.2, 0.25) is 0 Å². The van der Waals surface area contributed by atoms with Gasteiger partial charge in [-0.3, -0.25) is 4.79 Å². The van der Waals surface area contributed by atoms with Gasteiger partial charge in [-0.25, -0.2) is 9.67 Å². The fourth-order valence-corrected chi connectivity index (χ4v) is 1.59. The molecule has 2 heterocycles. The summed E-state index contributed by atoms with van der Waals surface area (Å²) in [6, 6.07) is 2.02. The van der Waals surface area contributed by atoms with E-state index in [0.29, 0.717) is 6.20 Å². The lowest BCUT2D eigenvalue weighted by molar-refractivity contribution is -0.137. The molecule has 0 saturated carbocycles. The molecule has 2 aromatic heterocycles. The zero-order valence-corrected chi connectivity index (χ0v) is 14.9. The maximum absolute atomic E-state index is 12.5. The number of nitrogens with one attached hydrogen (secondary N) is 1. The minimum Gasteiger partial charge on any atom is -0.344 e. The second-order valence-corrected chi connectivity index (χ2v) is 5.49. The highest BCUT2D eigenvalue weighted by Crippen LogP contribution is 2.28. The number of nitrogens with zero attached hydrogens (tertiary/aromatic N) is 4. The van der Waals surface area contributed by atoms with Gasteiger partial charge < -0.3 is 11.1 Å². The van der Waals surface area contributed by atoms with Crippen LogP contribution in [0.5, 0.6) is 0 Å². The van der Waals surface area contributed by atoms with Crippen molar-refractivity contribution in [2.24, 2.45) is 5.73 Å². The molecule has 7 nitrogen and oxygen atoms in total. The molecule has 0 fully saturated rings. The summed E-state index contributed by atoms with van der Waals surface area (Å²) in [6.45, 7) is 3.72. The molecular formula is C13H17Cl2F3N6O. The number of nitrogens with two attached hydrogens (primary N) is 1. The van der Waals surface area contributed by atoms with E-state index >= 15 is 0 Å².